The van der Waals surface area contributed by atoms with Crippen molar-refractivity contribution < 1.29 is 17.9 Å². The first-order valence-electron chi connectivity index (χ1n) is 5.27. The monoisotopic (exact) mass is 257 g/mol. The second kappa shape index (κ2) is 6.90. The van der Waals surface area contributed by atoms with E-state index in [1.165, 1.54) is 0 Å². The molecule has 94 valence electrons. The number of hydrogen-bond acceptors (Lipinski definition) is 4. The molecule has 0 saturated carbocycles. The molecule has 1 aromatic carbocycles. The van der Waals surface area contributed by atoms with Gasteiger partial charge in [-0.15, -0.1) is 0 Å². The van der Waals surface area contributed by atoms with E-state index in [0.29, 0.717) is 10.7 Å². The fraction of sp³-hybridized carbons (Fsp3) is 0.364. The lowest BCUT2D eigenvalue weighted by Gasteiger charge is -2.14. The summed E-state index contributed by atoms with van der Waals surface area (Å²) in [4.78, 5) is 11.3. The van der Waals surface area contributed by atoms with Gasteiger partial charge in [0.2, 0.25) is 10.9 Å². The second-order valence-corrected chi connectivity index (χ2v) is 4.25. The van der Waals surface area contributed by atoms with Gasteiger partial charge in [0.25, 0.3) is 0 Å². The molecular formula is C11H15NO4S. The van der Waals surface area contributed by atoms with Crippen molar-refractivity contribution in [2.45, 2.75) is 13.3 Å². The van der Waals surface area contributed by atoms with Gasteiger partial charge in [0.05, 0.1) is 6.61 Å². The van der Waals surface area contributed by atoms with Crippen LogP contribution in [0.4, 0.5) is 4.79 Å². The van der Waals surface area contributed by atoms with Gasteiger partial charge >= 0.3 is 6.09 Å². The summed E-state index contributed by atoms with van der Waals surface area (Å²) >= 11 is 0. The first-order chi connectivity index (χ1) is 8.15. The Morgan fingerprint density at radius 1 is 1.29 bits per heavy atom. The molecule has 17 heavy (non-hydrogen) atoms. The predicted molar refractivity (Wildman–Crippen MR) is 64.2 cm³/mol. The summed E-state index contributed by atoms with van der Waals surface area (Å²) in [7, 11) is -2.95. The van der Waals surface area contributed by atoms with Crippen molar-refractivity contribution >= 4 is 17.0 Å². The Labute approximate surface area is 102 Å². The summed E-state index contributed by atoms with van der Waals surface area (Å²) in [6, 6.07) is 9.35. The van der Waals surface area contributed by atoms with Crippen LogP contribution >= 0.6 is 0 Å². The third kappa shape index (κ3) is 4.44. The lowest BCUT2D eigenvalue weighted by Crippen LogP contribution is -2.32. The predicted octanol–water partition coefficient (Wildman–Crippen LogP) is 1.21. The molecule has 0 fully saturated rings. The highest BCUT2D eigenvalue weighted by Gasteiger charge is 2.16. The van der Waals surface area contributed by atoms with Gasteiger partial charge < -0.3 is 4.74 Å². The third-order valence-corrected chi connectivity index (χ3v) is 2.89. The fourth-order valence-electron chi connectivity index (χ4n) is 1.32. The van der Waals surface area contributed by atoms with Crippen molar-refractivity contribution in [3.8, 4) is 0 Å². The zero-order valence-electron chi connectivity index (χ0n) is 9.54. The van der Waals surface area contributed by atoms with Gasteiger partial charge in [-0.05, 0) is 18.9 Å². The Kier molecular flexibility index (Phi) is 5.48. The highest BCUT2D eigenvalue weighted by Crippen LogP contribution is 2.03. The molecule has 0 N–H and O–H groups in total. The van der Waals surface area contributed by atoms with Crippen LogP contribution in [-0.2, 0) is 22.0 Å². The number of nitrogens with zero attached hydrogens (tertiary/aromatic N) is 1. The zero-order valence-corrected chi connectivity index (χ0v) is 10.4. The number of thiol groups is 1. The molecule has 0 bridgehead atoms. The molecule has 0 heterocycles. The maximum Gasteiger partial charge on any atom is 0.423 e. The van der Waals surface area contributed by atoms with Gasteiger partial charge in [-0.2, -0.15) is 0 Å². The summed E-state index contributed by atoms with van der Waals surface area (Å²) in [6.45, 7) is 1.89. The molecule has 5 nitrogen and oxygen atoms in total. The number of benzene rings is 1. The number of amides is 1. The van der Waals surface area contributed by atoms with E-state index in [9.17, 15) is 13.2 Å². The summed E-state index contributed by atoms with van der Waals surface area (Å²) in [5.74, 6) is 0. The summed E-state index contributed by atoms with van der Waals surface area (Å²) in [6.07, 6.45) is -0.345. The largest absolute Gasteiger partial charge is 0.449 e. The van der Waals surface area contributed by atoms with E-state index in [4.69, 9.17) is 0 Å². The summed E-state index contributed by atoms with van der Waals surface area (Å²) in [5, 5.41) is 0. The van der Waals surface area contributed by atoms with Crippen molar-refractivity contribution in [1.29, 1.82) is 0 Å². The highest BCUT2D eigenvalue weighted by molar-refractivity contribution is 7.70. The molecule has 1 rings (SSSR count). The van der Waals surface area contributed by atoms with Crippen LogP contribution in [0.5, 0.6) is 0 Å². The number of ether oxygens (including phenoxy) is 1. The lowest BCUT2D eigenvalue weighted by atomic mass is 10.1. The number of rotatable bonds is 5. The number of carbonyl (C=O) groups is 1. The normalized spacial score (nSPS) is 10.2. The topological polar surface area (TPSA) is 63.7 Å². The quantitative estimate of drug-likeness (QED) is 0.805. The van der Waals surface area contributed by atoms with Gasteiger partial charge in [0.1, 0.15) is 0 Å². The molecule has 0 unspecified atom stereocenters. The molecule has 1 amide bonds. The van der Waals surface area contributed by atoms with Crippen LogP contribution in [0.3, 0.4) is 0 Å². The Hall–Kier alpha value is -1.56. The molecular weight excluding hydrogens is 242 g/mol. The van der Waals surface area contributed by atoms with E-state index in [1.54, 1.807) is 6.92 Å². The van der Waals surface area contributed by atoms with Gasteiger partial charge in [0.15, 0.2) is 0 Å². The molecule has 0 spiro atoms. The van der Waals surface area contributed by atoms with Crippen LogP contribution in [0.1, 0.15) is 12.5 Å². The molecule has 6 heteroatoms. The van der Waals surface area contributed by atoms with Crippen LogP contribution in [-0.4, -0.2) is 32.0 Å². The van der Waals surface area contributed by atoms with Crippen LogP contribution in [0.15, 0.2) is 30.3 Å². The highest BCUT2D eigenvalue weighted by atomic mass is 32.2. The SMILES string of the molecule is CCOC(=O)N(CCc1ccccc1)[SH](=O)=O. The lowest BCUT2D eigenvalue weighted by molar-refractivity contribution is 0.132. The van der Waals surface area contributed by atoms with Gasteiger partial charge in [-0.25, -0.2) is 17.5 Å². The van der Waals surface area contributed by atoms with Crippen molar-refractivity contribution in [2.24, 2.45) is 0 Å². The smallest absolute Gasteiger partial charge is 0.423 e. The summed E-state index contributed by atoms with van der Waals surface area (Å²) < 4.78 is 27.2. The minimum atomic E-state index is -2.95. The molecule has 0 aromatic heterocycles. The molecule has 0 atom stereocenters. The average Bonchev–Trinajstić information content (AvgIpc) is 2.30. The minimum Gasteiger partial charge on any atom is -0.449 e. The first kappa shape index (κ1) is 13.5. The number of hydrogen-bond donors (Lipinski definition) is 1. The molecule has 1 aromatic rings. The average molecular weight is 257 g/mol. The van der Waals surface area contributed by atoms with Gasteiger partial charge in [-0.1, -0.05) is 30.3 Å². The third-order valence-electron chi connectivity index (χ3n) is 2.13. The first-order valence-corrected chi connectivity index (χ1v) is 6.40. The van der Waals surface area contributed by atoms with E-state index in [2.05, 4.69) is 4.74 Å². The molecule has 0 aliphatic heterocycles. The van der Waals surface area contributed by atoms with Crippen LogP contribution in [0.2, 0.25) is 0 Å². The van der Waals surface area contributed by atoms with Crippen molar-refractivity contribution in [1.82, 2.24) is 4.31 Å². The Morgan fingerprint density at radius 3 is 2.47 bits per heavy atom. The maximum atomic E-state index is 11.3. The van der Waals surface area contributed by atoms with E-state index in [0.717, 1.165) is 5.56 Å². The van der Waals surface area contributed by atoms with E-state index < -0.39 is 17.0 Å². The Bertz CT molecular complexity index is 422. The van der Waals surface area contributed by atoms with E-state index >= 15 is 0 Å². The van der Waals surface area contributed by atoms with Crippen LogP contribution in [0.25, 0.3) is 0 Å². The van der Waals surface area contributed by atoms with Crippen LogP contribution < -0.4 is 0 Å². The van der Waals surface area contributed by atoms with Crippen molar-refractivity contribution in [3.05, 3.63) is 35.9 Å². The van der Waals surface area contributed by atoms with Gasteiger partial charge in [-0.3, -0.25) is 0 Å². The summed E-state index contributed by atoms with van der Waals surface area (Å²) in [5.41, 5.74) is 0.971. The standard InChI is InChI=1S/C11H15NO4S/c1-2-16-11(13)12(17(14)15)9-8-10-6-4-3-5-7-10/h3-7,17H,2,8-9H2,1H3. The second-order valence-electron chi connectivity index (χ2n) is 3.30. The molecule has 0 radical (unpaired) electrons. The van der Waals surface area contributed by atoms with E-state index in [1.807, 2.05) is 30.3 Å². The van der Waals surface area contributed by atoms with Crippen molar-refractivity contribution in [3.63, 3.8) is 0 Å². The molecule has 0 aliphatic rings. The molecule has 0 aliphatic carbocycles. The van der Waals surface area contributed by atoms with Gasteiger partial charge in [0, 0.05) is 6.54 Å². The Balaban J connectivity index is 2.59. The van der Waals surface area contributed by atoms with Crippen LogP contribution in [0, 0.1) is 0 Å². The fourth-order valence-corrected chi connectivity index (χ4v) is 1.77. The number of carbonyl (C=O) groups excluding carboxylic acids is 1. The molecule has 0 saturated heterocycles. The zero-order chi connectivity index (χ0) is 12.7. The Morgan fingerprint density at radius 2 is 1.94 bits per heavy atom. The van der Waals surface area contributed by atoms with E-state index in [-0.39, 0.29) is 13.2 Å². The minimum absolute atomic E-state index is 0.0988. The maximum absolute atomic E-state index is 11.3. The van der Waals surface area contributed by atoms with Crippen molar-refractivity contribution in [2.75, 3.05) is 13.2 Å².